The molecule has 21 heavy (non-hydrogen) atoms. The zero-order valence-electron chi connectivity index (χ0n) is 12.3. The Balaban J connectivity index is 1.71. The van der Waals surface area contributed by atoms with Gasteiger partial charge in [0.25, 0.3) is 0 Å². The topological polar surface area (TPSA) is 75.4 Å². The van der Waals surface area contributed by atoms with Gasteiger partial charge in [0.2, 0.25) is 11.8 Å². The van der Waals surface area contributed by atoms with Crippen molar-refractivity contribution in [3.8, 4) is 0 Å². The molecular weight excluding hydrogens is 266 g/mol. The summed E-state index contributed by atoms with van der Waals surface area (Å²) in [6, 6.07) is 7.72. The predicted octanol–water partition coefficient (Wildman–Crippen LogP) is 1.04. The van der Waals surface area contributed by atoms with Gasteiger partial charge in [-0.3, -0.25) is 9.59 Å². The fraction of sp³-hybridized carbons (Fsp3) is 0.500. The number of benzene rings is 1. The van der Waals surface area contributed by atoms with E-state index in [9.17, 15) is 9.59 Å². The predicted molar refractivity (Wildman–Crippen MR) is 80.6 cm³/mol. The summed E-state index contributed by atoms with van der Waals surface area (Å²) in [7, 11) is 0. The van der Waals surface area contributed by atoms with Crippen molar-refractivity contribution in [1.82, 2.24) is 10.2 Å². The lowest BCUT2D eigenvalue weighted by molar-refractivity contribution is -0.133. The van der Waals surface area contributed by atoms with Crippen molar-refractivity contribution in [2.75, 3.05) is 18.8 Å². The van der Waals surface area contributed by atoms with E-state index in [1.165, 1.54) is 6.92 Å². The quantitative estimate of drug-likeness (QED) is 0.816. The zero-order chi connectivity index (χ0) is 15.0. The molecule has 2 aliphatic rings. The Morgan fingerprint density at radius 3 is 2.52 bits per heavy atom. The van der Waals surface area contributed by atoms with Gasteiger partial charge < -0.3 is 16.0 Å². The molecule has 3 rings (SSSR count). The van der Waals surface area contributed by atoms with Crippen LogP contribution in [0.2, 0.25) is 0 Å². The molecule has 1 aliphatic heterocycles. The number of rotatable bonds is 3. The Labute approximate surface area is 124 Å². The van der Waals surface area contributed by atoms with E-state index >= 15 is 0 Å². The number of anilines is 1. The van der Waals surface area contributed by atoms with Gasteiger partial charge in [0.1, 0.15) is 0 Å². The van der Waals surface area contributed by atoms with E-state index in [2.05, 4.69) is 5.32 Å². The number of hydrogen-bond donors (Lipinski definition) is 2. The molecule has 1 aromatic rings. The Morgan fingerprint density at radius 1 is 1.29 bits per heavy atom. The van der Waals surface area contributed by atoms with Crippen LogP contribution in [0.25, 0.3) is 0 Å². The summed E-state index contributed by atoms with van der Waals surface area (Å²) in [5, 5.41) is 2.90. The first-order valence-corrected chi connectivity index (χ1v) is 7.44. The number of likely N-dealkylation sites (tertiary alicyclic amines) is 1. The number of carbonyl (C=O) groups excluding carboxylic acids is 2. The lowest BCUT2D eigenvalue weighted by Crippen LogP contribution is -2.41. The maximum absolute atomic E-state index is 12.8. The third kappa shape index (κ3) is 2.60. The molecular formula is C16H21N3O2. The lowest BCUT2D eigenvalue weighted by atomic mass is 9.94. The van der Waals surface area contributed by atoms with Gasteiger partial charge in [-0.1, -0.05) is 12.1 Å². The Morgan fingerprint density at radius 2 is 1.95 bits per heavy atom. The van der Waals surface area contributed by atoms with Gasteiger partial charge >= 0.3 is 0 Å². The fourth-order valence-corrected chi connectivity index (χ4v) is 3.21. The monoisotopic (exact) mass is 287 g/mol. The highest BCUT2D eigenvalue weighted by molar-refractivity contribution is 5.91. The second-order valence-electron chi connectivity index (χ2n) is 6.14. The highest BCUT2D eigenvalue weighted by Crippen LogP contribution is 2.50. The SMILES string of the molecule is CC(=O)NC1CCN(C(=O)C2(c3ccc(N)cc3)CC2)C1. The summed E-state index contributed by atoms with van der Waals surface area (Å²) in [5.74, 6) is 0.161. The summed E-state index contributed by atoms with van der Waals surface area (Å²) in [5.41, 5.74) is 7.15. The van der Waals surface area contributed by atoms with Gasteiger partial charge in [-0.05, 0) is 37.0 Å². The van der Waals surface area contributed by atoms with Gasteiger partial charge in [0, 0.05) is 31.7 Å². The van der Waals surface area contributed by atoms with Crippen LogP contribution < -0.4 is 11.1 Å². The lowest BCUT2D eigenvalue weighted by Gasteiger charge is -2.23. The van der Waals surface area contributed by atoms with E-state index in [1.54, 1.807) is 0 Å². The molecule has 0 bridgehead atoms. The number of nitrogens with two attached hydrogens (primary N) is 1. The van der Waals surface area contributed by atoms with E-state index in [0.29, 0.717) is 12.2 Å². The minimum absolute atomic E-state index is 0.0334. The first-order valence-electron chi connectivity index (χ1n) is 7.44. The maximum Gasteiger partial charge on any atom is 0.233 e. The van der Waals surface area contributed by atoms with Crippen molar-refractivity contribution >= 4 is 17.5 Å². The van der Waals surface area contributed by atoms with Gasteiger partial charge in [0.15, 0.2) is 0 Å². The van der Waals surface area contributed by atoms with Crippen LogP contribution in [0.3, 0.4) is 0 Å². The number of amides is 2. The summed E-state index contributed by atoms with van der Waals surface area (Å²) in [4.78, 5) is 25.8. The highest BCUT2D eigenvalue weighted by Gasteiger charge is 2.53. The maximum atomic E-state index is 12.8. The van der Waals surface area contributed by atoms with Crippen LogP contribution in [0.1, 0.15) is 31.7 Å². The molecule has 2 fully saturated rings. The van der Waals surface area contributed by atoms with Crippen molar-refractivity contribution in [2.45, 2.75) is 37.6 Å². The zero-order valence-corrected chi connectivity index (χ0v) is 12.3. The Hall–Kier alpha value is -2.04. The number of nitrogens with one attached hydrogen (secondary N) is 1. The first-order chi connectivity index (χ1) is 10.0. The minimum Gasteiger partial charge on any atom is -0.399 e. The summed E-state index contributed by atoms with van der Waals surface area (Å²) >= 11 is 0. The third-order valence-electron chi connectivity index (χ3n) is 4.51. The molecule has 2 amide bonds. The van der Waals surface area contributed by atoms with Crippen LogP contribution >= 0.6 is 0 Å². The molecule has 1 aliphatic carbocycles. The minimum atomic E-state index is -0.348. The van der Waals surface area contributed by atoms with E-state index in [1.807, 2.05) is 29.2 Å². The van der Waals surface area contributed by atoms with Crippen LogP contribution in [0.15, 0.2) is 24.3 Å². The second-order valence-corrected chi connectivity index (χ2v) is 6.14. The van der Waals surface area contributed by atoms with Gasteiger partial charge in [-0.2, -0.15) is 0 Å². The number of hydrogen-bond acceptors (Lipinski definition) is 3. The summed E-state index contributed by atoms with van der Waals surface area (Å²) in [6.07, 6.45) is 2.64. The number of nitrogen functional groups attached to an aromatic ring is 1. The standard InChI is InChI=1S/C16H21N3O2/c1-11(20)18-14-6-9-19(10-14)15(21)16(7-8-16)12-2-4-13(17)5-3-12/h2-5,14H,6-10,17H2,1H3,(H,18,20). The van der Waals surface area contributed by atoms with Crippen LogP contribution in [0.4, 0.5) is 5.69 Å². The van der Waals surface area contributed by atoms with Crippen molar-refractivity contribution in [3.63, 3.8) is 0 Å². The molecule has 0 aromatic heterocycles. The second kappa shape index (κ2) is 5.06. The third-order valence-corrected chi connectivity index (χ3v) is 4.51. The molecule has 1 saturated heterocycles. The fourth-order valence-electron chi connectivity index (χ4n) is 3.21. The van der Waals surface area contributed by atoms with Crippen molar-refractivity contribution < 1.29 is 9.59 Å². The van der Waals surface area contributed by atoms with E-state index < -0.39 is 0 Å². The molecule has 1 atom stereocenters. The Kier molecular flexibility index (Phi) is 3.35. The average Bonchev–Trinajstić information content (AvgIpc) is 3.13. The summed E-state index contributed by atoms with van der Waals surface area (Å²) in [6.45, 7) is 2.86. The Bertz CT molecular complexity index is 563. The van der Waals surface area contributed by atoms with E-state index in [4.69, 9.17) is 5.73 Å². The van der Waals surface area contributed by atoms with Crippen LogP contribution in [0, 0.1) is 0 Å². The molecule has 0 spiro atoms. The molecule has 1 heterocycles. The van der Waals surface area contributed by atoms with Crippen molar-refractivity contribution in [3.05, 3.63) is 29.8 Å². The largest absolute Gasteiger partial charge is 0.399 e. The molecule has 5 heteroatoms. The van der Waals surface area contributed by atoms with Gasteiger partial charge in [0.05, 0.1) is 5.41 Å². The molecule has 112 valence electrons. The van der Waals surface area contributed by atoms with Crippen molar-refractivity contribution in [2.24, 2.45) is 0 Å². The van der Waals surface area contributed by atoms with E-state index in [-0.39, 0.29) is 23.3 Å². The van der Waals surface area contributed by atoms with Crippen LogP contribution in [-0.2, 0) is 15.0 Å². The number of carbonyl (C=O) groups is 2. The van der Waals surface area contributed by atoms with Gasteiger partial charge in [-0.25, -0.2) is 0 Å². The normalized spacial score (nSPS) is 22.9. The smallest absolute Gasteiger partial charge is 0.233 e. The van der Waals surface area contributed by atoms with Gasteiger partial charge in [-0.15, -0.1) is 0 Å². The molecule has 3 N–H and O–H groups in total. The van der Waals surface area contributed by atoms with Crippen molar-refractivity contribution in [1.29, 1.82) is 0 Å². The van der Waals surface area contributed by atoms with Crippen LogP contribution in [-0.4, -0.2) is 35.8 Å². The van der Waals surface area contributed by atoms with E-state index in [0.717, 1.165) is 31.4 Å². The number of nitrogens with zero attached hydrogens (tertiary/aromatic N) is 1. The molecule has 1 aromatic carbocycles. The van der Waals surface area contributed by atoms with Crippen LogP contribution in [0.5, 0.6) is 0 Å². The molecule has 1 saturated carbocycles. The average molecular weight is 287 g/mol. The molecule has 5 nitrogen and oxygen atoms in total. The first kappa shape index (κ1) is 13.9. The highest BCUT2D eigenvalue weighted by atomic mass is 16.2. The molecule has 1 unspecified atom stereocenters. The molecule has 0 radical (unpaired) electrons. The summed E-state index contributed by atoms with van der Waals surface area (Å²) < 4.78 is 0.